The Hall–Kier alpha value is -0.970. The molecule has 2 rings (SSSR count). The number of likely N-dealkylation sites (tertiary alicyclic amines) is 1. The summed E-state index contributed by atoms with van der Waals surface area (Å²) in [5.41, 5.74) is 7.28. The van der Waals surface area contributed by atoms with Gasteiger partial charge in [0.05, 0.1) is 0 Å². The van der Waals surface area contributed by atoms with Crippen LogP contribution < -0.4 is 5.73 Å². The molecular formula is C15H26N4. The van der Waals surface area contributed by atoms with E-state index in [4.69, 9.17) is 5.73 Å². The van der Waals surface area contributed by atoms with Crippen molar-refractivity contribution in [1.29, 1.82) is 0 Å². The lowest BCUT2D eigenvalue weighted by Crippen LogP contribution is -2.43. The molecule has 2 N–H and O–H groups in total. The van der Waals surface area contributed by atoms with Crippen molar-refractivity contribution in [2.45, 2.75) is 32.4 Å². The van der Waals surface area contributed by atoms with Gasteiger partial charge in [0.15, 0.2) is 0 Å². The van der Waals surface area contributed by atoms with E-state index >= 15 is 0 Å². The fraction of sp³-hybridized carbons (Fsp3) is 0.667. The SMILES string of the molecule is CCN(CCN1CCC(N)CC1)Cc1ccncc1. The Bertz CT molecular complexity index is 346. The summed E-state index contributed by atoms with van der Waals surface area (Å²) in [7, 11) is 0. The first-order valence-electron chi connectivity index (χ1n) is 7.37. The molecule has 2 heterocycles. The molecule has 1 aromatic heterocycles. The van der Waals surface area contributed by atoms with Crippen LogP contribution in [0.15, 0.2) is 24.5 Å². The van der Waals surface area contributed by atoms with E-state index in [1.807, 2.05) is 12.4 Å². The monoisotopic (exact) mass is 262 g/mol. The predicted octanol–water partition coefficient (Wildman–Crippen LogP) is 1.33. The Labute approximate surface area is 116 Å². The predicted molar refractivity (Wildman–Crippen MR) is 78.8 cm³/mol. The summed E-state index contributed by atoms with van der Waals surface area (Å²) < 4.78 is 0. The molecule has 1 aliphatic heterocycles. The molecule has 106 valence electrons. The second-order valence-electron chi connectivity index (χ2n) is 5.40. The van der Waals surface area contributed by atoms with E-state index in [1.54, 1.807) is 0 Å². The molecule has 4 nitrogen and oxygen atoms in total. The third-order valence-electron chi connectivity index (χ3n) is 3.97. The molecule has 0 spiro atoms. The van der Waals surface area contributed by atoms with E-state index in [1.165, 1.54) is 5.56 Å². The molecule has 1 aromatic rings. The van der Waals surface area contributed by atoms with Crippen molar-refractivity contribution in [2.24, 2.45) is 5.73 Å². The largest absolute Gasteiger partial charge is 0.328 e. The lowest BCUT2D eigenvalue weighted by molar-refractivity contribution is 0.173. The highest BCUT2D eigenvalue weighted by molar-refractivity contribution is 5.09. The second kappa shape index (κ2) is 7.58. The minimum atomic E-state index is 0.426. The van der Waals surface area contributed by atoms with Gasteiger partial charge < -0.3 is 10.6 Å². The number of hydrogen-bond donors (Lipinski definition) is 1. The lowest BCUT2D eigenvalue weighted by Gasteiger charge is -2.32. The van der Waals surface area contributed by atoms with E-state index in [9.17, 15) is 0 Å². The van der Waals surface area contributed by atoms with Gasteiger partial charge in [-0.3, -0.25) is 9.88 Å². The maximum atomic E-state index is 5.94. The van der Waals surface area contributed by atoms with Gasteiger partial charge in [0.1, 0.15) is 0 Å². The van der Waals surface area contributed by atoms with Gasteiger partial charge >= 0.3 is 0 Å². The fourth-order valence-corrected chi connectivity index (χ4v) is 2.55. The Kier molecular flexibility index (Phi) is 5.76. The fourth-order valence-electron chi connectivity index (χ4n) is 2.55. The van der Waals surface area contributed by atoms with Gasteiger partial charge in [0.2, 0.25) is 0 Å². The molecular weight excluding hydrogens is 236 g/mol. The smallest absolute Gasteiger partial charge is 0.0271 e. The van der Waals surface area contributed by atoms with Crippen molar-refractivity contribution in [3.63, 3.8) is 0 Å². The second-order valence-corrected chi connectivity index (χ2v) is 5.40. The van der Waals surface area contributed by atoms with Crippen molar-refractivity contribution < 1.29 is 0 Å². The summed E-state index contributed by atoms with van der Waals surface area (Å²) in [6.07, 6.45) is 6.04. The van der Waals surface area contributed by atoms with Crippen molar-refractivity contribution in [2.75, 3.05) is 32.7 Å². The Morgan fingerprint density at radius 3 is 2.63 bits per heavy atom. The van der Waals surface area contributed by atoms with Crippen molar-refractivity contribution in [3.05, 3.63) is 30.1 Å². The Balaban J connectivity index is 1.73. The molecule has 0 saturated carbocycles. The third-order valence-corrected chi connectivity index (χ3v) is 3.97. The van der Waals surface area contributed by atoms with Crippen LogP contribution in [0, 0.1) is 0 Å². The van der Waals surface area contributed by atoms with Gasteiger partial charge in [0, 0.05) is 38.1 Å². The van der Waals surface area contributed by atoms with Crippen molar-refractivity contribution >= 4 is 0 Å². The van der Waals surface area contributed by atoms with Crippen molar-refractivity contribution in [3.8, 4) is 0 Å². The Morgan fingerprint density at radius 1 is 1.32 bits per heavy atom. The highest BCUT2D eigenvalue weighted by atomic mass is 15.2. The summed E-state index contributed by atoms with van der Waals surface area (Å²) in [6.45, 7) is 8.96. The number of nitrogens with zero attached hydrogens (tertiary/aromatic N) is 3. The normalized spacial score (nSPS) is 18.1. The summed E-state index contributed by atoms with van der Waals surface area (Å²) in [4.78, 5) is 9.10. The molecule has 1 saturated heterocycles. The first-order chi connectivity index (χ1) is 9.28. The summed E-state index contributed by atoms with van der Waals surface area (Å²) >= 11 is 0. The van der Waals surface area contributed by atoms with Crippen LogP contribution in [0.1, 0.15) is 25.3 Å². The molecule has 4 heteroatoms. The minimum Gasteiger partial charge on any atom is -0.328 e. The van der Waals surface area contributed by atoms with Gasteiger partial charge in [-0.25, -0.2) is 0 Å². The van der Waals surface area contributed by atoms with Crippen LogP contribution in [0.3, 0.4) is 0 Å². The van der Waals surface area contributed by atoms with Crippen LogP contribution in [0.25, 0.3) is 0 Å². The third kappa shape index (κ3) is 4.90. The van der Waals surface area contributed by atoms with Crippen LogP contribution in [-0.4, -0.2) is 53.5 Å². The molecule has 19 heavy (non-hydrogen) atoms. The number of likely N-dealkylation sites (N-methyl/N-ethyl adjacent to an activating group) is 1. The molecule has 0 bridgehead atoms. The summed E-state index contributed by atoms with van der Waals surface area (Å²) in [6, 6.07) is 4.63. The van der Waals surface area contributed by atoms with Crippen LogP contribution >= 0.6 is 0 Å². The average molecular weight is 262 g/mol. The topological polar surface area (TPSA) is 45.4 Å². The zero-order chi connectivity index (χ0) is 13.5. The van der Waals surface area contributed by atoms with Crippen LogP contribution in [-0.2, 0) is 6.54 Å². The highest BCUT2D eigenvalue weighted by Crippen LogP contribution is 2.09. The molecule has 0 radical (unpaired) electrons. The first-order valence-corrected chi connectivity index (χ1v) is 7.37. The molecule has 1 fully saturated rings. The molecule has 0 aliphatic carbocycles. The van der Waals surface area contributed by atoms with Crippen LogP contribution in [0.4, 0.5) is 0 Å². The summed E-state index contributed by atoms with van der Waals surface area (Å²) in [5, 5.41) is 0. The summed E-state index contributed by atoms with van der Waals surface area (Å²) in [5.74, 6) is 0. The highest BCUT2D eigenvalue weighted by Gasteiger charge is 2.16. The van der Waals surface area contributed by atoms with Gasteiger partial charge in [-0.2, -0.15) is 0 Å². The zero-order valence-corrected chi connectivity index (χ0v) is 12.0. The maximum Gasteiger partial charge on any atom is 0.0271 e. The molecule has 0 aromatic carbocycles. The molecule has 0 amide bonds. The van der Waals surface area contributed by atoms with Crippen LogP contribution in [0.5, 0.6) is 0 Å². The van der Waals surface area contributed by atoms with E-state index in [0.29, 0.717) is 6.04 Å². The number of nitrogens with two attached hydrogens (primary N) is 1. The van der Waals surface area contributed by atoms with Gasteiger partial charge in [-0.15, -0.1) is 0 Å². The van der Waals surface area contributed by atoms with Gasteiger partial charge in [-0.05, 0) is 50.2 Å². The van der Waals surface area contributed by atoms with Gasteiger partial charge in [0.25, 0.3) is 0 Å². The molecule has 0 atom stereocenters. The van der Waals surface area contributed by atoms with Gasteiger partial charge in [-0.1, -0.05) is 6.92 Å². The number of pyridine rings is 1. The van der Waals surface area contributed by atoms with E-state index in [-0.39, 0.29) is 0 Å². The standard InChI is InChI=1S/C15H26N4/c1-2-18(13-14-3-7-17-8-4-14)11-12-19-9-5-15(16)6-10-19/h3-4,7-8,15H,2,5-6,9-13,16H2,1H3. The van der Waals surface area contributed by atoms with E-state index in [2.05, 4.69) is 33.8 Å². The van der Waals surface area contributed by atoms with Crippen molar-refractivity contribution in [1.82, 2.24) is 14.8 Å². The van der Waals surface area contributed by atoms with E-state index < -0.39 is 0 Å². The number of piperidine rings is 1. The zero-order valence-electron chi connectivity index (χ0n) is 12.0. The number of rotatable bonds is 6. The number of hydrogen-bond acceptors (Lipinski definition) is 4. The first kappa shape index (κ1) is 14.4. The van der Waals surface area contributed by atoms with E-state index in [0.717, 1.165) is 52.1 Å². The average Bonchev–Trinajstić information content (AvgIpc) is 2.46. The lowest BCUT2D eigenvalue weighted by atomic mass is 10.1. The molecule has 1 aliphatic rings. The maximum absolute atomic E-state index is 5.94. The quantitative estimate of drug-likeness (QED) is 0.840. The Morgan fingerprint density at radius 2 is 2.00 bits per heavy atom. The number of aromatic nitrogens is 1. The van der Waals surface area contributed by atoms with Crippen LogP contribution in [0.2, 0.25) is 0 Å². The molecule has 0 unspecified atom stereocenters. The minimum absolute atomic E-state index is 0.426.